The van der Waals surface area contributed by atoms with Crippen molar-refractivity contribution in [2.24, 2.45) is 10.4 Å². The molecule has 140 valence electrons. The quantitative estimate of drug-likeness (QED) is 0.421. The van der Waals surface area contributed by atoms with Crippen molar-refractivity contribution in [1.82, 2.24) is 25.0 Å². The third kappa shape index (κ3) is 3.95. The van der Waals surface area contributed by atoms with Gasteiger partial charge in [0.15, 0.2) is 11.8 Å². The van der Waals surface area contributed by atoms with Gasteiger partial charge in [0.1, 0.15) is 5.82 Å². The van der Waals surface area contributed by atoms with Crippen molar-refractivity contribution in [3.05, 3.63) is 11.6 Å². The number of guanidine groups is 1. The van der Waals surface area contributed by atoms with Crippen LogP contribution in [0, 0.1) is 5.41 Å². The number of aryl methyl sites for hydroxylation is 1. The van der Waals surface area contributed by atoms with E-state index in [0.29, 0.717) is 5.41 Å². The first-order chi connectivity index (χ1) is 11.8. The Bertz CT molecular complexity index is 605. The van der Waals surface area contributed by atoms with Gasteiger partial charge in [0.25, 0.3) is 0 Å². The Morgan fingerprint density at radius 3 is 2.72 bits per heavy atom. The summed E-state index contributed by atoms with van der Waals surface area (Å²) in [5.41, 5.74) is 0.573. The largest absolute Gasteiger partial charge is 0.349 e. The molecule has 0 unspecified atom stereocenters. The standard InChI is InChI=1S/C18H30N6.HI/c1-19-17(23-12-10-18(14-23)8-4-5-9-18)20-13-16-22-21-15-7-3-2-6-11-24(15)16;/h2-14H2,1H3,(H,19,20);1H. The fraction of sp³-hybridized carbons (Fsp3) is 0.833. The molecule has 0 aromatic carbocycles. The van der Waals surface area contributed by atoms with Gasteiger partial charge in [-0.1, -0.05) is 19.3 Å². The molecule has 4 rings (SSSR count). The molecule has 0 radical (unpaired) electrons. The molecule has 0 amide bonds. The molecule has 25 heavy (non-hydrogen) atoms. The first-order valence-electron chi connectivity index (χ1n) is 9.66. The number of halogens is 1. The molecule has 0 bridgehead atoms. The van der Waals surface area contributed by atoms with Gasteiger partial charge in [0.05, 0.1) is 6.54 Å². The summed E-state index contributed by atoms with van der Waals surface area (Å²) in [6.45, 7) is 4.09. The van der Waals surface area contributed by atoms with Crippen LogP contribution >= 0.6 is 24.0 Å². The van der Waals surface area contributed by atoms with Crippen LogP contribution in [0.1, 0.15) is 63.0 Å². The van der Waals surface area contributed by atoms with E-state index in [-0.39, 0.29) is 24.0 Å². The Hall–Kier alpha value is -0.860. The predicted octanol–water partition coefficient (Wildman–Crippen LogP) is 2.96. The number of hydrogen-bond acceptors (Lipinski definition) is 3. The monoisotopic (exact) mass is 458 g/mol. The average Bonchev–Trinajstić information content (AvgIpc) is 3.28. The number of hydrogen-bond donors (Lipinski definition) is 1. The van der Waals surface area contributed by atoms with E-state index in [2.05, 4.69) is 30.0 Å². The molecule has 2 aliphatic heterocycles. The molecule has 1 aromatic rings. The highest BCUT2D eigenvalue weighted by atomic mass is 127. The van der Waals surface area contributed by atoms with Crippen molar-refractivity contribution in [1.29, 1.82) is 0 Å². The Morgan fingerprint density at radius 1 is 1.08 bits per heavy atom. The highest BCUT2D eigenvalue weighted by molar-refractivity contribution is 14.0. The van der Waals surface area contributed by atoms with E-state index in [4.69, 9.17) is 0 Å². The topological polar surface area (TPSA) is 58.3 Å². The molecular weight excluding hydrogens is 427 g/mol. The lowest BCUT2D eigenvalue weighted by molar-refractivity contribution is 0.309. The number of aliphatic imine (C=N–C) groups is 1. The Labute approximate surface area is 167 Å². The van der Waals surface area contributed by atoms with Crippen molar-refractivity contribution >= 4 is 29.9 Å². The molecule has 2 fully saturated rings. The van der Waals surface area contributed by atoms with Crippen molar-refractivity contribution < 1.29 is 0 Å². The fourth-order valence-corrected chi connectivity index (χ4v) is 4.82. The minimum Gasteiger partial charge on any atom is -0.349 e. The second-order valence-electron chi connectivity index (χ2n) is 7.77. The summed E-state index contributed by atoms with van der Waals surface area (Å²) in [5, 5.41) is 12.4. The highest BCUT2D eigenvalue weighted by Crippen LogP contribution is 2.45. The van der Waals surface area contributed by atoms with Crippen LogP contribution in [0.4, 0.5) is 0 Å². The van der Waals surface area contributed by atoms with E-state index in [9.17, 15) is 0 Å². The first-order valence-corrected chi connectivity index (χ1v) is 9.66. The molecule has 3 aliphatic rings. The maximum absolute atomic E-state index is 4.53. The van der Waals surface area contributed by atoms with E-state index in [0.717, 1.165) is 43.7 Å². The molecule has 1 spiro atoms. The summed E-state index contributed by atoms with van der Waals surface area (Å²) in [4.78, 5) is 6.98. The van der Waals surface area contributed by atoms with Gasteiger partial charge < -0.3 is 14.8 Å². The van der Waals surface area contributed by atoms with Crippen LogP contribution < -0.4 is 5.32 Å². The van der Waals surface area contributed by atoms with Crippen LogP contribution in [0.15, 0.2) is 4.99 Å². The minimum absolute atomic E-state index is 0. The zero-order valence-corrected chi connectivity index (χ0v) is 17.7. The van der Waals surface area contributed by atoms with Crippen LogP contribution in [-0.4, -0.2) is 45.8 Å². The van der Waals surface area contributed by atoms with Gasteiger partial charge in [-0.25, -0.2) is 0 Å². The molecule has 1 saturated heterocycles. The van der Waals surface area contributed by atoms with Crippen LogP contribution in [0.3, 0.4) is 0 Å². The summed E-state index contributed by atoms with van der Waals surface area (Å²) < 4.78 is 2.32. The maximum atomic E-state index is 4.53. The van der Waals surface area contributed by atoms with Gasteiger partial charge in [-0.05, 0) is 37.5 Å². The van der Waals surface area contributed by atoms with Crippen molar-refractivity contribution in [3.8, 4) is 0 Å². The second kappa shape index (κ2) is 8.22. The smallest absolute Gasteiger partial charge is 0.194 e. The maximum Gasteiger partial charge on any atom is 0.194 e. The Balaban J connectivity index is 0.00000182. The highest BCUT2D eigenvalue weighted by Gasteiger charge is 2.41. The number of nitrogens with one attached hydrogen (secondary N) is 1. The molecular formula is C18H31IN6. The lowest BCUT2D eigenvalue weighted by Gasteiger charge is -2.25. The number of likely N-dealkylation sites (tertiary alicyclic amines) is 1. The van der Waals surface area contributed by atoms with Crippen molar-refractivity contribution in [3.63, 3.8) is 0 Å². The number of rotatable bonds is 2. The zero-order valence-electron chi connectivity index (χ0n) is 15.3. The summed E-state index contributed by atoms with van der Waals surface area (Å²) in [6, 6.07) is 0. The number of aromatic nitrogens is 3. The minimum atomic E-state index is 0. The number of nitrogens with zero attached hydrogens (tertiary/aromatic N) is 5. The summed E-state index contributed by atoms with van der Waals surface area (Å²) in [5.74, 6) is 3.25. The second-order valence-corrected chi connectivity index (χ2v) is 7.77. The van der Waals surface area contributed by atoms with Gasteiger partial charge in [0, 0.05) is 33.1 Å². The molecule has 1 aliphatic carbocycles. The SMILES string of the molecule is CN=C(NCc1nnc2n1CCCCC2)N1CCC2(CCCC2)C1.I. The molecule has 3 heterocycles. The van der Waals surface area contributed by atoms with Crippen LogP contribution in [0.5, 0.6) is 0 Å². The first kappa shape index (κ1) is 18.9. The van der Waals surface area contributed by atoms with Crippen molar-refractivity contribution in [2.75, 3.05) is 20.1 Å². The normalized spacial score (nSPS) is 22.6. The third-order valence-electron chi connectivity index (χ3n) is 6.20. The van der Waals surface area contributed by atoms with Crippen LogP contribution in [0.25, 0.3) is 0 Å². The van der Waals surface area contributed by atoms with Crippen LogP contribution in [-0.2, 0) is 19.5 Å². The molecule has 1 aromatic heterocycles. The van der Waals surface area contributed by atoms with Gasteiger partial charge in [-0.2, -0.15) is 0 Å². The molecule has 1 saturated carbocycles. The average molecular weight is 458 g/mol. The number of fused-ring (bicyclic) bond motifs is 1. The molecule has 1 N–H and O–H groups in total. The van der Waals surface area contributed by atoms with E-state index in [1.54, 1.807) is 0 Å². The Morgan fingerprint density at radius 2 is 1.92 bits per heavy atom. The van der Waals surface area contributed by atoms with Gasteiger partial charge in [-0.15, -0.1) is 34.2 Å². The van der Waals surface area contributed by atoms with Crippen LogP contribution in [0.2, 0.25) is 0 Å². The van der Waals surface area contributed by atoms with Gasteiger partial charge in [0.2, 0.25) is 0 Å². The predicted molar refractivity (Wildman–Crippen MR) is 110 cm³/mol. The van der Waals surface area contributed by atoms with E-state index < -0.39 is 0 Å². The lowest BCUT2D eigenvalue weighted by atomic mass is 9.86. The summed E-state index contributed by atoms with van der Waals surface area (Å²) >= 11 is 0. The van der Waals surface area contributed by atoms with E-state index in [1.165, 1.54) is 57.9 Å². The third-order valence-corrected chi connectivity index (χ3v) is 6.20. The van der Waals surface area contributed by atoms with Gasteiger partial charge in [-0.3, -0.25) is 4.99 Å². The zero-order chi connectivity index (χ0) is 16.4. The van der Waals surface area contributed by atoms with Gasteiger partial charge >= 0.3 is 0 Å². The van der Waals surface area contributed by atoms with E-state index in [1.807, 2.05) is 7.05 Å². The fourth-order valence-electron chi connectivity index (χ4n) is 4.82. The molecule has 6 nitrogen and oxygen atoms in total. The summed E-state index contributed by atoms with van der Waals surface area (Å²) in [6.07, 6.45) is 11.8. The molecule has 0 atom stereocenters. The lowest BCUT2D eigenvalue weighted by Crippen LogP contribution is -2.41. The van der Waals surface area contributed by atoms with E-state index >= 15 is 0 Å². The summed E-state index contributed by atoms with van der Waals surface area (Å²) in [7, 11) is 1.90. The van der Waals surface area contributed by atoms with Crippen molar-refractivity contribution in [2.45, 2.75) is 70.9 Å². The Kier molecular flexibility index (Phi) is 6.22. The molecule has 7 heteroatoms.